The van der Waals surface area contributed by atoms with Crippen LogP contribution in [0.3, 0.4) is 0 Å². The summed E-state index contributed by atoms with van der Waals surface area (Å²) in [5.74, 6) is 0. The van der Waals surface area contributed by atoms with Gasteiger partial charge in [0.2, 0.25) is 0 Å². The molecule has 0 aliphatic carbocycles. The van der Waals surface area contributed by atoms with E-state index < -0.39 is 10.1 Å². The predicted octanol–water partition coefficient (Wildman–Crippen LogP) is 1.32. The van der Waals surface area contributed by atoms with Crippen LogP contribution in [0, 0.1) is 0 Å². The van der Waals surface area contributed by atoms with Gasteiger partial charge >= 0.3 is 0 Å². The molecule has 12 heavy (non-hydrogen) atoms. The molecule has 0 spiro atoms. The second kappa shape index (κ2) is 4.64. The Labute approximate surface area is 97.8 Å². The maximum Gasteiger partial charge on any atom is 0.294 e. The van der Waals surface area contributed by atoms with Crippen LogP contribution in [0.1, 0.15) is 0 Å². The van der Waals surface area contributed by atoms with Crippen molar-refractivity contribution < 1.29 is 13.0 Å². The molecule has 1 aromatic carbocycles. The Hall–Kier alpha value is 0.480. The SMILES string of the molecule is O=S(=O)(O)c1ccc(Br)cc1.[In]. The third kappa shape index (κ3) is 3.47. The van der Waals surface area contributed by atoms with E-state index in [0.29, 0.717) is 0 Å². The van der Waals surface area contributed by atoms with E-state index in [1.807, 2.05) is 0 Å². The monoisotopic (exact) mass is 351 g/mol. The first-order valence-electron chi connectivity index (χ1n) is 2.73. The van der Waals surface area contributed by atoms with Crippen molar-refractivity contribution in [3.8, 4) is 0 Å². The summed E-state index contributed by atoms with van der Waals surface area (Å²) in [5, 5.41) is 0. The Morgan fingerprint density at radius 3 is 1.92 bits per heavy atom. The summed E-state index contributed by atoms with van der Waals surface area (Å²) in [5.41, 5.74) is 0. The number of rotatable bonds is 1. The molecule has 1 aromatic rings. The van der Waals surface area contributed by atoms with Gasteiger partial charge in [0.15, 0.2) is 0 Å². The second-order valence-electron chi connectivity index (χ2n) is 1.93. The fourth-order valence-electron chi connectivity index (χ4n) is 0.607. The minimum absolute atomic E-state index is 0. The molecule has 0 aliphatic heterocycles. The summed E-state index contributed by atoms with van der Waals surface area (Å²) >= 11 is 3.14. The van der Waals surface area contributed by atoms with Crippen molar-refractivity contribution in [2.45, 2.75) is 4.90 Å². The molecule has 0 heterocycles. The maximum atomic E-state index is 10.5. The van der Waals surface area contributed by atoms with Gasteiger partial charge in [-0.1, -0.05) is 15.9 Å². The van der Waals surface area contributed by atoms with E-state index in [9.17, 15) is 8.42 Å². The average Bonchev–Trinajstić information content (AvgIpc) is 1.86. The van der Waals surface area contributed by atoms with E-state index in [2.05, 4.69) is 15.9 Å². The van der Waals surface area contributed by atoms with Crippen LogP contribution in [0.15, 0.2) is 33.6 Å². The molecule has 0 fully saturated rings. The van der Waals surface area contributed by atoms with Crippen LogP contribution in [-0.2, 0) is 10.1 Å². The largest absolute Gasteiger partial charge is 0.294 e. The van der Waals surface area contributed by atoms with Gasteiger partial charge in [-0.05, 0) is 24.3 Å². The summed E-state index contributed by atoms with van der Waals surface area (Å²) < 4.78 is 30.3. The molecule has 1 rings (SSSR count). The van der Waals surface area contributed by atoms with Gasteiger partial charge in [0, 0.05) is 30.3 Å². The maximum absolute atomic E-state index is 10.5. The van der Waals surface area contributed by atoms with E-state index in [-0.39, 0.29) is 30.7 Å². The van der Waals surface area contributed by atoms with Crippen molar-refractivity contribution in [1.82, 2.24) is 0 Å². The Morgan fingerprint density at radius 1 is 1.17 bits per heavy atom. The first kappa shape index (κ1) is 12.5. The van der Waals surface area contributed by atoms with Crippen LogP contribution in [-0.4, -0.2) is 38.8 Å². The molecule has 0 unspecified atom stereocenters. The first-order valence-corrected chi connectivity index (χ1v) is 4.96. The minimum atomic E-state index is -4.04. The van der Waals surface area contributed by atoms with Crippen molar-refractivity contribution in [1.29, 1.82) is 0 Å². The summed E-state index contributed by atoms with van der Waals surface area (Å²) in [7, 11) is -4.04. The zero-order chi connectivity index (χ0) is 8.48. The van der Waals surface area contributed by atoms with Crippen molar-refractivity contribution in [3.63, 3.8) is 0 Å². The van der Waals surface area contributed by atoms with Crippen LogP contribution in [0.5, 0.6) is 0 Å². The third-order valence-electron chi connectivity index (χ3n) is 1.11. The quantitative estimate of drug-likeness (QED) is 0.776. The molecular formula is C6H5BrInO3S. The molecule has 63 valence electrons. The van der Waals surface area contributed by atoms with Crippen LogP contribution < -0.4 is 0 Å². The fraction of sp³-hybridized carbons (Fsp3) is 0. The molecule has 0 saturated heterocycles. The van der Waals surface area contributed by atoms with Gasteiger partial charge in [-0.15, -0.1) is 0 Å². The average molecular weight is 352 g/mol. The van der Waals surface area contributed by atoms with Gasteiger partial charge in [-0.3, -0.25) is 4.55 Å². The van der Waals surface area contributed by atoms with E-state index >= 15 is 0 Å². The zero-order valence-corrected chi connectivity index (χ0v) is 11.6. The van der Waals surface area contributed by atoms with E-state index in [1.54, 1.807) is 12.1 Å². The van der Waals surface area contributed by atoms with Crippen LogP contribution in [0.4, 0.5) is 0 Å². The van der Waals surface area contributed by atoms with E-state index in [1.165, 1.54) is 12.1 Å². The topological polar surface area (TPSA) is 54.4 Å². The third-order valence-corrected chi connectivity index (χ3v) is 2.51. The molecule has 0 amide bonds. The summed E-state index contributed by atoms with van der Waals surface area (Å²) in [6.45, 7) is 0. The standard InChI is InChI=1S/C6H5BrO3S.In/c7-5-1-3-6(4-2-5)11(8,9)10;/h1-4H,(H,8,9,10);. The smallest absolute Gasteiger partial charge is 0.282 e. The van der Waals surface area contributed by atoms with Crippen molar-refractivity contribution in [3.05, 3.63) is 28.7 Å². The first-order chi connectivity index (χ1) is 5.00. The Bertz CT molecular complexity index is 346. The fourth-order valence-corrected chi connectivity index (χ4v) is 1.35. The number of halogens is 1. The van der Waals surface area contributed by atoms with Crippen molar-refractivity contribution >= 4 is 51.9 Å². The van der Waals surface area contributed by atoms with Gasteiger partial charge in [-0.25, -0.2) is 0 Å². The van der Waals surface area contributed by atoms with Crippen LogP contribution in [0.2, 0.25) is 0 Å². The van der Waals surface area contributed by atoms with Gasteiger partial charge in [0.05, 0.1) is 4.90 Å². The van der Waals surface area contributed by atoms with Crippen molar-refractivity contribution in [2.24, 2.45) is 0 Å². The molecule has 1 N–H and O–H groups in total. The summed E-state index contributed by atoms with van der Waals surface area (Å²) in [6.07, 6.45) is 0. The summed E-state index contributed by atoms with van der Waals surface area (Å²) in [6, 6.07) is 5.73. The predicted molar refractivity (Wildman–Crippen MR) is 49.7 cm³/mol. The second-order valence-corrected chi connectivity index (χ2v) is 4.27. The van der Waals surface area contributed by atoms with Crippen LogP contribution >= 0.6 is 15.9 Å². The zero-order valence-electron chi connectivity index (χ0n) is 5.94. The molecule has 0 aliphatic rings. The van der Waals surface area contributed by atoms with Crippen LogP contribution in [0.25, 0.3) is 0 Å². The molecule has 0 aromatic heterocycles. The normalized spacial score (nSPS) is 10.5. The molecular weight excluding hydrogens is 347 g/mol. The van der Waals surface area contributed by atoms with Gasteiger partial charge in [0.25, 0.3) is 10.1 Å². The van der Waals surface area contributed by atoms with E-state index in [4.69, 9.17) is 4.55 Å². The molecule has 3 radical (unpaired) electrons. The van der Waals surface area contributed by atoms with Gasteiger partial charge < -0.3 is 0 Å². The molecule has 0 saturated carbocycles. The molecule has 0 atom stereocenters. The summed E-state index contributed by atoms with van der Waals surface area (Å²) in [4.78, 5) is -0.0966. The Morgan fingerprint density at radius 2 is 1.58 bits per heavy atom. The number of hydrogen-bond donors (Lipinski definition) is 1. The Kier molecular flexibility index (Phi) is 4.83. The Balaban J connectivity index is 0.00000121. The minimum Gasteiger partial charge on any atom is -0.282 e. The van der Waals surface area contributed by atoms with Gasteiger partial charge in [-0.2, -0.15) is 8.42 Å². The van der Waals surface area contributed by atoms with Gasteiger partial charge in [0.1, 0.15) is 0 Å². The molecule has 3 nitrogen and oxygen atoms in total. The molecule has 6 heteroatoms. The van der Waals surface area contributed by atoms with Crippen molar-refractivity contribution in [2.75, 3.05) is 0 Å². The number of benzene rings is 1. The van der Waals surface area contributed by atoms with E-state index in [0.717, 1.165) is 4.47 Å². The molecule has 0 bridgehead atoms. The number of hydrogen-bond acceptors (Lipinski definition) is 2.